The number of aryl methyl sites for hydroxylation is 2. The van der Waals surface area contributed by atoms with Gasteiger partial charge in [0.15, 0.2) is 5.65 Å². The molecule has 0 aliphatic heterocycles. The summed E-state index contributed by atoms with van der Waals surface area (Å²) >= 11 is 0. The van der Waals surface area contributed by atoms with Crippen LogP contribution in [0.2, 0.25) is 0 Å². The van der Waals surface area contributed by atoms with Crippen molar-refractivity contribution in [2.45, 2.75) is 13.3 Å². The highest BCUT2D eigenvalue weighted by Crippen LogP contribution is 2.18. The summed E-state index contributed by atoms with van der Waals surface area (Å²) in [6.07, 6.45) is 4.15. The van der Waals surface area contributed by atoms with E-state index in [2.05, 4.69) is 25.6 Å². The molecule has 0 spiro atoms. The smallest absolute Gasteiger partial charge is 0.337 e. The van der Waals surface area contributed by atoms with Crippen molar-refractivity contribution in [2.24, 2.45) is 7.05 Å². The van der Waals surface area contributed by atoms with E-state index in [0.29, 0.717) is 11.5 Å². The molecule has 2 N–H and O–H groups in total. The van der Waals surface area contributed by atoms with Crippen molar-refractivity contribution < 1.29 is 0 Å². The fourth-order valence-corrected chi connectivity index (χ4v) is 1.92. The molecule has 0 unspecified atom stereocenters. The van der Waals surface area contributed by atoms with Crippen molar-refractivity contribution in [1.82, 2.24) is 29.4 Å². The Morgan fingerprint density at radius 2 is 2.32 bits per heavy atom. The van der Waals surface area contributed by atoms with E-state index in [1.165, 1.54) is 10.7 Å². The first-order valence-electron chi connectivity index (χ1n) is 5.89. The van der Waals surface area contributed by atoms with Crippen LogP contribution in [0.5, 0.6) is 0 Å². The van der Waals surface area contributed by atoms with Crippen molar-refractivity contribution in [3.8, 4) is 0 Å². The second-order valence-electron chi connectivity index (χ2n) is 4.17. The van der Waals surface area contributed by atoms with Crippen LogP contribution >= 0.6 is 0 Å². The highest BCUT2D eigenvalue weighted by Gasteiger charge is 2.08. The minimum absolute atomic E-state index is 0.301. The molecule has 19 heavy (non-hydrogen) atoms. The number of nitrogens with zero attached hydrogens (tertiary/aromatic N) is 5. The minimum atomic E-state index is -0.301. The van der Waals surface area contributed by atoms with Gasteiger partial charge in [-0.25, -0.2) is 19.3 Å². The molecule has 0 fully saturated rings. The van der Waals surface area contributed by atoms with E-state index in [1.807, 2.05) is 20.2 Å². The van der Waals surface area contributed by atoms with Crippen LogP contribution < -0.4 is 11.0 Å². The van der Waals surface area contributed by atoms with Gasteiger partial charge in [0, 0.05) is 19.3 Å². The lowest BCUT2D eigenvalue weighted by atomic mass is 10.3. The highest BCUT2D eigenvalue weighted by atomic mass is 16.1. The zero-order valence-corrected chi connectivity index (χ0v) is 10.6. The maximum atomic E-state index is 11.3. The quantitative estimate of drug-likeness (QED) is 0.712. The summed E-state index contributed by atoms with van der Waals surface area (Å²) in [5, 5.41) is 13.8. The fraction of sp³-hybridized carbons (Fsp3) is 0.273. The van der Waals surface area contributed by atoms with E-state index in [-0.39, 0.29) is 5.69 Å². The van der Waals surface area contributed by atoms with Crippen LogP contribution in [0.1, 0.15) is 12.6 Å². The molecule has 0 aliphatic rings. The molecule has 3 rings (SSSR count). The SMILES string of the molecule is CCc1nn(C)cc1Nc1cc2n[nH]c(=O)n2cn1. The number of nitrogens with one attached hydrogen (secondary N) is 2. The van der Waals surface area contributed by atoms with Crippen LogP contribution in [-0.4, -0.2) is 29.4 Å². The first-order chi connectivity index (χ1) is 9.17. The Labute approximate surface area is 108 Å². The van der Waals surface area contributed by atoms with E-state index in [1.54, 1.807) is 10.7 Å². The Kier molecular flexibility index (Phi) is 2.55. The second-order valence-corrected chi connectivity index (χ2v) is 4.17. The molecule has 8 nitrogen and oxygen atoms in total. The standard InChI is InChI=1S/C11H13N7O/c1-3-7-8(5-17(2)16-7)13-9-4-10-14-15-11(19)18(10)6-12-9/h4-6,13H,3H2,1-2H3,(H,15,19). The topological polar surface area (TPSA) is 92.9 Å². The fourth-order valence-electron chi connectivity index (χ4n) is 1.92. The summed E-state index contributed by atoms with van der Waals surface area (Å²) in [7, 11) is 1.87. The molecule has 0 aromatic carbocycles. The molecule has 0 radical (unpaired) electrons. The number of hydrogen-bond acceptors (Lipinski definition) is 5. The van der Waals surface area contributed by atoms with Crippen LogP contribution in [0.15, 0.2) is 23.4 Å². The molecule has 8 heteroatoms. The van der Waals surface area contributed by atoms with E-state index in [0.717, 1.165) is 17.8 Å². The van der Waals surface area contributed by atoms with Crippen molar-refractivity contribution in [2.75, 3.05) is 5.32 Å². The van der Waals surface area contributed by atoms with Crippen molar-refractivity contribution in [3.05, 3.63) is 34.8 Å². The number of rotatable bonds is 3. The van der Waals surface area contributed by atoms with Gasteiger partial charge in [-0.05, 0) is 6.42 Å². The number of aromatic nitrogens is 6. The van der Waals surface area contributed by atoms with E-state index in [9.17, 15) is 4.79 Å². The summed E-state index contributed by atoms with van der Waals surface area (Å²) in [5.41, 5.74) is 2.08. The molecular weight excluding hydrogens is 246 g/mol. The lowest BCUT2D eigenvalue weighted by Crippen LogP contribution is -2.09. The molecule has 0 bridgehead atoms. The Balaban J connectivity index is 1.98. The Morgan fingerprint density at radius 1 is 1.47 bits per heavy atom. The maximum absolute atomic E-state index is 11.3. The summed E-state index contributed by atoms with van der Waals surface area (Å²) in [4.78, 5) is 15.5. The average Bonchev–Trinajstić information content (AvgIpc) is 2.93. The predicted octanol–water partition coefficient (Wildman–Crippen LogP) is 0.457. The normalized spacial score (nSPS) is 11.1. The van der Waals surface area contributed by atoms with Crippen molar-refractivity contribution in [1.29, 1.82) is 0 Å². The predicted molar refractivity (Wildman–Crippen MR) is 69.5 cm³/mol. The zero-order valence-electron chi connectivity index (χ0n) is 10.6. The minimum Gasteiger partial charge on any atom is -0.337 e. The van der Waals surface area contributed by atoms with E-state index in [4.69, 9.17) is 0 Å². The number of hydrogen-bond donors (Lipinski definition) is 2. The van der Waals surface area contributed by atoms with Crippen LogP contribution in [0, 0.1) is 0 Å². The van der Waals surface area contributed by atoms with Gasteiger partial charge >= 0.3 is 5.69 Å². The molecule has 3 aromatic heterocycles. The average molecular weight is 259 g/mol. The molecule has 3 aromatic rings. The molecule has 0 atom stereocenters. The molecule has 0 saturated heterocycles. The van der Waals surface area contributed by atoms with Crippen LogP contribution in [0.4, 0.5) is 11.5 Å². The number of aromatic amines is 1. The lowest BCUT2D eigenvalue weighted by Gasteiger charge is -2.04. The van der Waals surface area contributed by atoms with Crippen molar-refractivity contribution in [3.63, 3.8) is 0 Å². The third-order valence-electron chi connectivity index (χ3n) is 2.81. The summed E-state index contributed by atoms with van der Waals surface area (Å²) in [5.74, 6) is 0.620. The van der Waals surface area contributed by atoms with Gasteiger partial charge in [-0.2, -0.15) is 10.2 Å². The van der Waals surface area contributed by atoms with Gasteiger partial charge in [-0.15, -0.1) is 0 Å². The maximum Gasteiger partial charge on any atom is 0.348 e. The molecule has 3 heterocycles. The van der Waals surface area contributed by atoms with Gasteiger partial charge in [-0.3, -0.25) is 4.68 Å². The van der Waals surface area contributed by atoms with E-state index >= 15 is 0 Å². The van der Waals surface area contributed by atoms with Crippen LogP contribution in [0.25, 0.3) is 5.65 Å². The summed E-state index contributed by atoms with van der Waals surface area (Å²) < 4.78 is 3.09. The number of fused-ring (bicyclic) bond motifs is 1. The number of anilines is 2. The van der Waals surface area contributed by atoms with Gasteiger partial charge < -0.3 is 5.32 Å². The molecule has 0 aliphatic carbocycles. The molecule has 98 valence electrons. The third kappa shape index (κ3) is 1.96. The molecular formula is C11H13N7O. The van der Waals surface area contributed by atoms with Crippen molar-refractivity contribution >= 4 is 17.2 Å². The van der Waals surface area contributed by atoms with Crippen LogP contribution in [-0.2, 0) is 13.5 Å². The summed E-state index contributed by atoms with van der Waals surface area (Å²) in [6, 6.07) is 1.70. The zero-order chi connectivity index (χ0) is 13.4. The Bertz CT molecular complexity index is 782. The van der Waals surface area contributed by atoms with E-state index < -0.39 is 0 Å². The third-order valence-corrected chi connectivity index (χ3v) is 2.81. The van der Waals surface area contributed by atoms with Gasteiger partial charge in [0.05, 0.1) is 11.4 Å². The van der Waals surface area contributed by atoms with Gasteiger partial charge in [0.2, 0.25) is 0 Å². The lowest BCUT2D eigenvalue weighted by molar-refractivity contribution is 0.746. The second kappa shape index (κ2) is 4.23. The molecule has 0 saturated carbocycles. The first kappa shape index (κ1) is 11.5. The van der Waals surface area contributed by atoms with Gasteiger partial charge in [-0.1, -0.05) is 6.92 Å². The number of H-pyrrole nitrogens is 1. The van der Waals surface area contributed by atoms with Crippen LogP contribution in [0.3, 0.4) is 0 Å². The Hall–Kier alpha value is -2.64. The largest absolute Gasteiger partial charge is 0.348 e. The molecule has 0 amide bonds. The Morgan fingerprint density at radius 3 is 3.11 bits per heavy atom. The highest BCUT2D eigenvalue weighted by molar-refractivity contribution is 5.61. The first-order valence-corrected chi connectivity index (χ1v) is 5.89. The van der Waals surface area contributed by atoms with Gasteiger partial charge in [0.1, 0.15) is 12.1 Å². The monoisotopic (exact) mass is 259 g/mol. The summed E-state index contributed by atoms with van der Waals surface area (Å²) in [6.45, 7) is 2.04. The van der Waals surface area contributed by atoms with Gasteiger partial charge in [0.25, 0.3) is 0 Å².